The third-order valence-electron chi connectivity index (χ3n) is 2.83. The number of aliphatic hydroxyl groups excluding tert-OH is 1. The maximum atomic E-state index is 10.5. The Kier molecular flexibility index (Phi) is 6.24. The highest BCUT2D eigenvalue weighted by Crippen LogP contribution is 2.16. The summed E-state index contributed by atoms with van der Waals surface area (Å²) in [6.07, 6.45) is 0. The quantitative estimate of drug-likeness (QED) is 0.425. The Hall–Kier alpha value is -1.66. The lowest BCUT2D eigenvalue weighted by atomic mass is 10.1. The van der Waals surface area contributed by atoms with E-state index in [-0.39, 0.29) is 18.3 Å². The van der Waals surface area contributed by atoms with Gasteiger partial charge in [0.2, 0.25) is 0 Å². The predicted molar refractivity (Wildman–Crippen MR) is 72.3 cm³/mol. The monoisotopic (exact) mass is 268 g/mol. The summed E-state index contributed by atoms with van der Waals surface area (Å²) in [5.41, 5.74) is 0.0469. The van der Waals surface area contributed by atoms with Crippen LogP contribution in [0.1, 0.15) is 13.8 Å². The van der Waals surface area contributed by atoms with E-state index in [2.05, 4.69) is 5.32 Å². The van der Waals surface area contributed by atoms with Crippen molar-refractivity contribution >= 4 is 5.69 Å². The molecule has 0 aromatic heterocycles. The summed E-state index contributed by atoms with van der Waals surface area (Å²) in [5, 5.41) is 22.8. The molecule has 0 bridgehead atoms. The van der Waals surface area contributed by atoms with Gasteiger partial charge >= 0.3 is 0 Å². The molecule has 6 nitrogen and oxygen atoms in total. The first kappa shape index (κ1) is 15.4. The van der Waals surface area contributed by atoms with Crippen LogP contribution in [0.3, 0.4) is 0 Å². The van der Waals surface area contributed by atoms with Crippen LogP contribution in [0, 0.1) is 16.0 Å². The Morgan fingerprint density at radius 2 is 2.00 bits per heavy atom. The van der Waals surface area contributed by atoms with Gasteiger partial charge in [0.05, 0.1) is 11.5 Å². The van der Waals surface area contributed by atoms with E-state index >= 15 is 0 Å². The standard InChI is InChI=1S/C13H20N2O4/c1-10(2)13(9-16)14-7-8-19-12-5-3-11(4-6-12)15(17)18/h3-6,10,13-14,16H,7-9H2,1-2H3/t13-/m1/s1. The molecule has 19 heavy (non-hydrogen) atoms. The van der Waals surface area contributed by atoms with Crippen LogP contribution in [-0.2, 0) is 0 Å². The number of nitro groups is 1. The number of nitro benzene ring substituents is 1. The van der Waals surface area contributed by atoms with Crippen LogP contribution < -0.4 is 10.1 Å². The molecule has 1 aromatic carbocycles. The first-order chi connectivity index (χ1) is 9.04. The zero-order valence-electron chi connectivity index (χ0n) is 11.2. The zero-order valence-corrected chi connectivity index (χ0v) is 11.2. The molecule has 6 heteroatoms. The van der Waals surface area contributed by atoms with Crippen molar-refractivity contribution in [1.29, 1.82) is 0 Å². The number of hydrogen-bond acceptors (Lipinski definition) is 5. The van der Waals surface area contributed by atoms with E-state index in [1.807, 2.05) is 13.8 Å². The molecule has 0 saturated carbocycles. The second-order valence-corrected chi connectivity index (χ2v) is 4.59. The van der Waals surface area contributed by atoms with Crippen molar-refractivity contribution in [2.45, 2.75) is 19.9 Å². The highest BCUT2D eigenvalue weighted by Gasteiger charge is 2.10. The number of nitrogens with one attached hydrogen (secondary N) is 1. The molecule has 0 heterocycles. The molecule has 1 rings (SSSR count). The number of benzene rings is 1. The molecule has 1 atom stereocenters. The van der Waals surface area contributed by atoms with Crippen molar-refractivity contribution in [3.05, 3.63) is 34.4 Å². The Balaban J connectivity index is 2.31. The number of aliphatic hydroxyl groups is 1. The lowest BCUT2D eigenvalue weighted by Crippen LogP contribution is -2.39. The molecule has 0 radical (unpaired) electrons. The van der Waals surface area contributed by atoms with E-state index in [0.717, 1.165) is 0 Å². The van der Waals surface area contributed by atoms with Crippen LogP contribution in [0.15, 0.2) is 24.3 Å². The Bertz CT molecular complexity index is 392. The molecule has 0 saturated heterocycles. The lowest BCUT2D eigenvalue weighted by Gasteiger charge is -2.19. The van der Waals surface area contributed by atoms with Crippen LogP contribution >= 0.6 is 0 Å². The minimum atomic E-state index is -0.445. The first-order valence-electron chi connectivity index (χ1n) is 6.26. The minimum absolute atomic E-state index is 0.0469. The molecule has 0 amide bonds. The van der Waals surface area contributed by atoms with Gasteiger partial charge in [-0.3, -0.25) is 10.1 Å². The number of non-ortho nitro benzene ring substituents is 1. The van der Waals surface area contributed by atoms with Crippen molar-refractivity contribution in [2.24, 2.45) is 5.92 Å². The largest absolute Gasteiger partial charge is 0.492 e. The van der Waals surface area contributed by atoms with Gasteiger partial charge in [0, 0.05) is 24.7 Å². The fraction of sp³-hybridized carbons (Fsp3) is 0.538. The van der Waals surface area contributed by atoms with E-state index in [1.54, 1.807) is 12.1 Å². The summed E-state index contributed by atoms with van der Waals surface area (Å²) in [7, 11) is 0. The highest BCUT2D eigenvalue weighted by molar-refractivity contribution is 5.35. The number of rotatable bonds is 8. The molecule has 0 unspecified atom stereocenters. The van der Waals surface area contributed by atoms with Crippen molar-refractivity contribution in [2.75, 3.05) is 19.8 Å². The zero-order chi connectivity index (χ0) is 14.3. The van der Waals surface area contributed by atoms with Gasteiger partial charge in [-0.15, -0.1) is 0 Å². The van der Waals surface area contributed by atoms with Gasteiger partial charge in [0.1, 0.15) is 12.4 Å². The minimum Gasteiger partial charge on any atom is -0.492 e. The maximum absolute atomic E-state index is 10.5. The molecule has 0 aliphatic rings. The van der Waals surface area contributed by atoms with E-state index < -0.39 is 4.92 Å². The van der Waals surface area contributed by atoms with Gasteiger partial charge in [-0.05, 0) is 18.1 Å². The Labute approximate surface area is 112 Å². The summed E-state index contributed by atoms with van der Waals surface area (Å²) >= 11 is 0. The third-order valence-corrected chi connectivity index (χ3v) is 2.83. The summed E-state index contributed by atoms with van der Waals surface area (Å²) in [5.74, 6) is 0.946. The predicted octanol–water partition coefficient (Wildman–Crippen LogP) is 1.58. The second kappa shape index (κ2) is 7.70. The van der Waals surface area contributed by atoms with Gasteiger partial charge in [-0.25, -0.2) is 0 Å². The SMILES string of the molecule is CC(C)[C@@H](CO)NCCOc1ccc([N+](=O)[O-])cc1. The third kappa shape index (κ3) is 5.23. The molecule has 106 valence electrons. The van der Waals surface area contributed by atoms with Gasteiger partial charge in [0.15, 0.2) is 0 Å². The fourth-order valence-corrected chi connectivity index (χ4v) is 1.59. The molecule has 1 aromatic rings. The first-order valence-corrected chi connectivity index (χ1v) is 6.26. The maximum Gasteiger partial charge on any atom is 0.269 e. The smallest absolute Gasteiger partial charge is 0.269 e. The number of nitrogens with zero attached hydrogens (tertiary/aromatic N) is 1. The van der Waals surface area contributed by atoms with Crippen LogP contribution in [0.25, 0.3) is 0 Å². The molecular weight excluding hydrogens is 248 g/mol. The Morgan fingerprint density at radius 3 is 2.47 bits per heavy atom. The van der Waals surface area contributed by atoms with E-state index in [0.29, 0.717) is 24.8 Å². The summed E-state index contributed by atoms with van der Waals surface area (Å²) in [4.78, 5) is 10.0. The van der Waals surface area contributed by atoms with Crippen molar-refractivity contribution < 1.29 is 14.8 Å². The average molecular weight is 268 g/mol. The molecule has 0 aliphatic heterocycles. The number of hydrogen-bond donors (Lipinski definition) is 2. The van der Waals surface area contributed by atoms with E-state index in [1.165, 1.54) is 12.1 Å². The van der Waals surface area contributed by atoms with Gasteiger partial charge in [0.25, 0.3) is 5.69 Å². The molecule has 0 fully saturated rings. The van der Waals surface area contributed by atoms with Crippen LogP contribution in [0.5, 0.6) is 5.75 Å². The van der Waals surface area contributed by atoms with Crippen molar-refractivity contribution in [3.63, 3.8) is 0 Å². The molecule has 0 aliphatic carbocycles. The van der Waals surface area contributed by atoms with Crippen LogP contribution in [0.4, 0.5) is 5.69 Å². The lowest BCUT2D eigenvalue weighted by molar-refractivity contribution is -0.384. The summed E-state index contributed by atoms with van der Waals surface area (Å²) in [6, 6.07) is 6.02. The highest BCUT2D eigenvalue weighted by atomic mass is 16.6. The van der Waals surface area contributed by atoms with Gasteiger partial charge in [-0.2, -0.15) is 0 Å². The van der Waals surface area contributed by atoms with Crippen molar-refractivity contribution in [3.8, 4) is 5.75 Å². The number of ether oxygens (including phenoxy) is 1. The average Bonchev–Trinajstić information content (AvgIpc) is 2.38. The summed E-state index contributed by atoms with van der Waals surface area (Å²) in [6.45, 7) is 5.22. The molecular formula is C13H20N2O4. The van der Waals surface area contributed by atoms with Gasteiger partial charge in [-0.1, -0.05) is 13.8 Å². The van der Waals surface area contributed by atoms with Crippen LogP contribution in [-0.4, -0.2) is 35.8 Å². The van der Waals surface area contributed by atoms with E-state index in [4.69, 9.17) is 9.84 Å². The topological polar surface area (TPSA) is 84.6 Å². The van der Waals surface area contributed by atoms with Crippen LogP contribution in [0.2, 0.25) is 0 Å². The van der Waals surface area contributed by atoms with E-state index in [9.17, 15) is 10.1 Å². The Morgan fingerprint density at radius 1 is 1.37 bits per heavy atom. The van der Waals surface area contributed by atoms with Crippen molar-refractivity contribution in [1.82, 2.24) is 5.32 Å². The molecule has 2 N–H and O–H groups in total. The second-order valence-electron chi connectivity index (χ2n) is 4.59. The molecule has 0 spiro atoms. The summed E-state index contributed by atoms with van der Waals surface area (Å²) < 4.78 is 5.45. The normalized spacial score (nSPS) is 12.4. The van der Waals surface area contributed by atoms with Gasteiger partial charge < -0.3 is 15.2 Å². The fourth-order valence-electron chi connectivity index (χ4n) is 1.59.